The van der Waals surface area contributed by atoms with Gasteiger partial charge in [0.25, 0.3) is 0 Å². The van der Waals surface area contributed by atoms with E-state index in [-0.39, 0.29) is 17.9 Å². The predicted molar refractivity (Wildman–Crippen MR) is 72.4 cm³/mol. The molecular formula is C14H18N2O3. The molecule has 0 unspecified atom stereocenters. The van der Waals surface area contributed by atoms with Gasteiger partial charge < -0.3 is 20.1 Å². The predicted octanol–water partition coefficient (Wildman–Crippen LogP) is 0.626. The minimum absolute atomic E-state index is 0.0500. The van der Waals surface area contributed by atoms with Crippen LogP contribution in [0, 0.1) is 5.41 Å². The van der Waals surface area contributed by atoms with Crippen LogP contribution in [-0.2, 0) is 16.0 Å². The van der Waals surface area contributed by atoms with Gasteiger partial charge in [0.2, 0.25) is 5.91 Å². The van der Waals surface area contributed by atoms with Gasteiger partial charge in [-0.3, -0.25) is 4.79 Å². The van der Waals surface area contributed by atoms with Gasteiger partial charge in [-0.05, 0) is 23.8 Å². The van der Waals surface area contributed by atoms with Crippen LogP contribution in [0.3, 0.4) is 0 Å². The number of nitrogens with one attached hydrogen (secondary N) is 1. The Morgan fingerprint density at radius 3 is 2.89 bits per heavy atom. The van der Waals surface area contributed by atoms with Gasteiger partial charge in [-0.15, -0.1) is 0 Å². The Hall–Kier alpha value is -1.59. The Balaban J connectivity index is 1.75. The molecule has 0 aromatic heterocycles. The van der Waals surface area contributed by atoms with Crippen LogP contribution in [0.2, 0.25) is 0 Å². The summed E-state index contributed by atoms with van der Waals surface area (Å²) in [4.78, 5) is 13.5. The second-order valence-corrected chi connectivity index (χ2v) is 5.57. The largest absolute Gasteiger partial charge is 0.396 e. The van der Waals surface area contributed by atoms with Crippen LogP contribution in [0.25, 0.3) is 0 Å². The van der Waals surface area contributed by atoms with Gasteiger partial charge in [-0.25, -0.2) is 0 Å². The maximum absolute atomic E-state index is 11.3. The third-order valence-corrected chi connectivity index (χ3v) is 3.88. The minimum atomic E-state index is -0.137. The molecule has 0 spiro atoms. The van der Waals surface area contributed by atoms with E-state index in [1.165, 1.54) is 0 Å². The van der Waals surface area contributed by atoms with Crippen LogP contribution in [0.4, 0.5) is 11.4 Å². The highest BCUT2D eigenvalue weighted by Crippen LogP contribution is 2.32. The van der Waals surface area contributed by atoms with Gasteiger partial charge in [0.15, 0.2) is 0 Å². The van der Waals surface area contributed by atoms with E-state index in [0.717, 1.165) is 23.5 Å². The Kier molecular flexibility index (Phi) is 2.95. The van der Waals surface area contributed by atoms with Crippen molar-refractivity contribution in [2.75, 3.05) is 43.6 Å². The van der Waals surface area contributed by atoms with E-state index in [9.17, 15) is 9.90 Å². The van der Waals surface area contributed by atoms with Crippen LogP contribution in [0.5, 0.6) is 0 Å². The number of benzene rings is 1. The molecule has 2 aliphatic rings. The van der Waals surface area contributed by atoms with Crippen molar-refractivity contribution in [2.45, 2.75) is 6.42 Å². The summed E-state index contributed by atoms with van der Waals surface area (Å²) in [5.41, 5.74) is 2.88. The van der Waals surface area contributed by atoms with Crippen molar-refractivity contribution in [3.05, 3.63) is 23.8 Å². The van der Waals surface area contributed by atoms with Gasteiger partial charge >= 0.3 is 0 Å². The summed E-state index contributed by atoms with van der Waals surface area (Å²) < 4.78 is 5.21. The number of hydrogen-bond donors (Lipinski definition) is 2. The van der Waals surface area contributed by atoms with Crippen LogP contribution in [0.15, 0.2) is 18.2 Å². The molecule has 2 N–H and O–H groups in total. The molecule has 0 radical (unpaired) electrons. The molecule has 19 heavy (non-hydrogen) atoms. The number of aliphatic hydroxyl groups is 1. The van der Waals surface area contributed by atoms with Gasteiger partial charge in [0.05, 0.1) is 31.7 Å². The molecule has 1 aromatic carbocycles. The van der Waals surface area contributed by atoms with Crippen LogP contribution in [-0.4, -0.2) is 44.4 Å². The molecule has 5 heteroatoms. The third-order valence-electron chi connectivity index (χ3n) is 3.88. The average Bonchev–Trinajstić information content (AvgIpc) is 2.72. The van der Waals surface area contributed by atoms with E-state index in [1.807, 2.05) is 25.2 Å². The third kappa shape index (κ3) is 2.19. The van der Waals surface area contributed by atoms with E-state index < -0.39 is 0 Å². The molecule has 0 aliphatic carbocycles. The van der Waals surface area contributed by atoms with E-state index in [1.54, 1.807) is 0 Å². The van der Waals surface area contributed by atoms with Gasteiger partial charge in [0.1, 0.15) is 0 Å². The molecule has 5 nitrogen and oxygen atoms in total. The summed E-state index contributed by atoms with van der Waals surface area (Å²) in [7, 11) is 2.00. The Morgan fingerprint density at radius 2 is 2.26 bits per heavy atom. The number of rotatable bonds is 4. The summed E-state index contributed by atoms with van der Waals surface area (Å²) in [6.45, 7) is 2.11. The highest BCUT2D eigenvalue weighted by molar-refractivity contribution is 5.99. The topological polar surface area (TPSA) is 61.8 Å². The summed E-state index contributed by atoms with van der Waals surface area (Å²) >= 11 is 0. The molecule has 0 saturated carbocycles. The lowest BCUT2D eigenvalue weighted by Gasteiger charge is -2.42. The van der Waals surface area contributed by atoms with Crippen LogP contribution >= 0.6 is 0 Å². The zero-order chi connectivity index (χ0) is 13.5. The second-order valence-electron chi connectivity index (χ2n) is 5.57. The summed E-state index contributed by atoms with van der Waals surface area (Å²) in [5.74, 6) is 0.0500. The number of aliphatic hydroxyl groups excluding tert-OH is 1. The highest BCUT2D eigenvalue weighted by Gasteiger charge is 2.39. The van der Waals surface area contributed by atoms with Gasteiger partial charge in [-0.2, -0.15) is 0 Å². The number of fused-ring (bicyclic) bond motifs is 1. The molecule has 0 atom stereocenters. The highest BCUT2D eigenvalue weighted by atomic mass is 16.5. The Bertz CT molecular complexity index is 506. The van der Waals surface area contributed by atoms with Crippen LogP contribution < -0.4 is 10.2 Å². The molecule has 1 saturated heterocycles. The lowest BCUT2D eigenvalue weighted by molar-refractivity contribution is -0.130. The first-order chi connectivity index (χ1) is 9.12. The molecule has 102 valence electrons. The summed E-state index contributed by atoms with van der Waals surface area (Å²) in [6, 6.07) is 5.97. The van der Waals surface area contributed by atoms with E-state index in [4.69, 9.17) is 4.74 Å². The first kappa shape index (κ1) is 12.4. The zero-order valence-electron chi connectivity index (χ0n) is 11.0. The number of amides is 1. The second kappa shape index (κ2) is 4.51. The lowest BCUT2D eigenvalue weighted by atomic mass is 9.86. The van der Waals surface area contributed by atoms with Gasteiger partial charge in [0, 0.05) is 25.0 Å². The smallest absolute Gasteiger partial charge is 0.228 e. The molecule has 2 heterocycles. The number of nitrogens with zero attached hydrogens (tertiary/aromatic N) is 1. The standard InChI is InChI=1S/C14H18N2O3/c1-16(6-14(7-17)8-19-9-14)11-2-3-12-10(4-11)5-13(18)15-12/h2-4,17H,5-9H2,1H3,(H,15,18). The molecule has 1 amide bonds. The fourth-order valence-electron chi connectivity index (χ4n) is 2.67. The van der Waals surface area contributed by atoms with Crippen molar-refractivity contribution in [3.8, 4) is 0 Å². The quantitative estimate of drug-likeness (QED) is 0.835. The van der Waals surface area contributed by atoms with E-state index >= 15 is 0 Å². The maximum atomic E-state index is 11.3. The first-order valence-electron chi connectivity index (χ1n) is 6.44. The molecule has 3 rings (SSSR count). The SMILES string of the molecule is CN(CC1(CO)COC1)c1ccc2c(c1)CC(=O)N2. The van der Waals surface area contributed by atoms with Crippen molar-refractivity contribution in [2.24, 2.45) is 5.41 Å². The zero-order valence-corrected chi connectivity index (χ0v) is 11.0. The van der Waals surface area contributed by atoms with Crippen molar-refractivity contribution >= 4 is 17.3 Å². The van der Waals surface area contributed by atoms with E-state index in [2.05, 4.69) is 10.2 Å². The fourth-order valence-corrected chi connectivity index (χ4v) is 2.67. The number of anilines is 2. The number of hydrogen-bond acceptors (Lipinski definition) is 4. The van der Waals surface area contributed by atoms with Crippen molar-refractivity contribution in [1.29, 1.82) is 0 Å². The van der Waals surface area contributed by atoms with E-state index in [0.29, 0.717) is 19.6 Å². The minimum Gasteiger partial charge on any atom is -0.396 e. The number of carbonyl (C=O) groups excluding carboxylic acids is 1. The Labute approximate surface area is 112 Å². The summed E-state index contributed by atoms with van der Waals surface area (Å²) in [5, 5.41) is 12.3. The number of ether oxygens (including phenoxy) is 1. The molecular weight excluding hydrogens is 244 g/mol. The van der Waals surface area contributed by atoms with Gasteiger partial charge in [-0.1, -0.05) is 0 Å². The van der Waals surface area contributed by atoms with Crippen molar-refractivity contribution in [1.82, 2.24) is 0 Å². The maximum Gasteiger partial charge on any atom is 0.228 e. The number of carbonyl (C=O) groups is 1. The van der Waals surface area contributed by atoms with Crippen LogP contribution in [0.1, 0.15) is 5.56 Å². The average molecular weight is 262 g/mol. The summed E-state index contributed by atoms with van der Waals surface area (Å²) in [6.07, 6.45) is 0.450. The van der Waals surface area contributed by atoms with Crippen molar-refractivity contribution < 1.29 is 14.6 Å². The Morgan fingerprint density at radius 1 is 1.47 bits per heavy atom. The lowest BCUT2D eigenvalue weighted by Crippen LogP contribution is -2.52. The fraction of sp³-hybridized carbons (Fsp3) is 0.500. The molecule has 1 aromatic rings. The molecule has 0 bridgehead atoms. The van der Waals surface area contributed by atoms with Crippen molar-refractivity contribution in [3.63, 3.8) is 0 Å². The first-order valence-corrected chi connectivity index (χ1v) is 6.44. The molecule has 2 aliphatic heterocycles. The normalized spacial score (nSPS) is 19.6. The monoisotopic (exact) mass is 262 g/mol. The molecule has 1 fully saturated rings.